The first-order valence-corrected chi connectivity index (χ1v) is 9.75. The molecule has 1 aromatic rings. The normalized spacial score (nSPS) is 20.4. The van der Waals surface area contributed by atoms with Gasteiger partial charge in [0.1, 0.15) is 0 Å². The maximum absolute atomic E-state index is 12.2. The molecule has 4 nitrogen and oxygen atoms in total. The van der Waals surface area contributed by atoms with Crippen molar-refractivity contribution in [2.24, 2.45) is 0 Å². The smallest absolute Gasteiger partial charge is 0.232 e. The number of thioether (sulfide) groups is 1. The molecule has 2 rings (SSSR count). The molecular weight excluding hydrogens is 306 g/mol. The van der Waals surface area contributed by atoms with Crippen LogP contribution in [0, 0.1) is 13.8 Å². The highest BCUT2D eigenvalue weighted by Crippen LogP contribution is 2.24. The molecule has 1 aromatic carbocycles. The fourth-order valence-electron chi connectivity index (χ4n) is 2.39. The quantitative estimate of drug-likeness (QED) is 0.794. The van der Waals surface area contributed by atoms with Gasteiger partial charge in [-0.1, -0.05) is 17.7 Å². The van der Waals surface area contributed by atoms with Crippen molar-refractivity contribution in [3.8, 4) is 0 Å². The Bertz CT molecular complexity index is 640. The molecule has 0 unspecified atom stereocenters. The zero-order chi connectivity index (χ0) is 15.6. The van der Waals surface area contributed by atoms with Gasteiger partial charge in [0.05, 0.1) is 17.3 Å². The summed E-state index contributed by atoms with van der Waals surface area (Å²) >= 11 is 1.52. The van der Waals surface area contributed by atoms with Crippen molar-refractivity contribution in [1.82, 2.24) is 4.90 Å². The molecule has 116 valence electrons. The standard InChI is InChI=1S/C15H21NO3S2/c1-11-4-5-12(2)14(8-11)20-9-15(17)16(3)13-6-7-21(18,19)10-13/h4-5,8,13H,6-7,9-10H2,1-3H3/t13-/m1/s1. The zero-order valence-corrected chi connectivity index (χ0v) is 14.3. The summed E-state index contributed by atoms with van der Waals surface area (Å²) in [4.78, 5) is 14.9. The van der Waals surface area contributed by atoms with E-state index < -0.39 is 9.84 Å². The van der Waals surface area contributed by atoms with Crippen LogP contribution in [-0.4, -0.2) is 49.6 Å². The van der Waals surface area contributed by atoms with Gasteiger partial charge in [-0.3, -0.25) is 4.79 Å². The van der Waals surface area contributed by atoms with Crippen LogP contribution in [0.3, 0.4) is 0 Å². The van der Waals surface area contributed by atoms with Crippen molar-refractivity contribution < 1.29 is 13.2 Å². The van der Waals surface area contributed by atoms with E-state index in [4.69, 9.17) is 0 Å². The number of carbonyl (C=O) groups is 1. The van der Waals surface area contributed by atoms with E-state index in [1.165, 1.54) is 17.3 Å². The highest BCUT2D eigenvalue weighted by atomic mass is 32.2. The average Bonchev–Trinajstić information content (AvgIpc) is 2.79. The van der Waals surface area contributed by atoms with Gasteiger partial charge < -0.3 is 4.90 Å². The van der Waals surface area contributed by atoms with Crippen LogP contribution in [0.15, 0.2) is 23.1 Å². The molecule has 0 bridgehead atoms. The van der Waals surface area contributed by atoms with E-state index in [1.807, 2.05) is 13.8 Å². The number of carbonyl (C=O) groups excluding carboxylic acids is 1. The number of hydrogen-bond donors (Lipinski definition) is 0. The molecule has 1 fully saturated rings. The predicted octanol–water partition coefficient (Wildman–Crippen LogP) is 2.04. The second-order valence-corrected chi connectivity index (χ2v) is 8.87. The SMILES string of the molecule is Cc1ccc(C)c(SCC(=O)N(C)[C@@H]2CCS(=O)(=O)C2)c1. The van der Waals surface area contributed by atoms with Crippen LogP contribution < -0.4 is 0 Å². The Labute approximate surface area is 130 Å². The van der Waals surface area contributed by atoms with Gasteiger partial charge >= 0.3 is 0 Å². The molecule has 1 atom stereocenters. The lowest BCUT2D eigenvalue weighted by atomic mass is 10.2. The fraction of sp³-hybridized carbons (Fsp3) is 0.533. The van der Waals surface area contributed by atoms with E-state index in [2.05, 4.69) is 18.2 Å². The zero-order valence-electron chi connectivity index (χ0n) is 12.6. The number of aryl methyl sites for hydroxylation is 2. The Kier molecular flexibility index (Phi) is 4.99. The van der Waals surface area contributed by atoms with E-state index in [0.29, 0.717) is 12.2 Å². The third kappa shape index (κ3) is 4.23. The van der Waals surface area contributed by atoms with Gasteiger partial charge in [-0.2, -0.15) is 0 Å². The Morgan fingerprint density at radius 2 is 2.10 bits per heavy atom. The van der Waals surface area contributed by atoms with Gasteiger partial charge in [0.15, 0.2) is 9.84 Å². The number of benzene rings is 1. The molecule has 0 N–H and O–H groups in total. The maximum atomic E-state index is 12.2. The Hall–Kier alpha value is -1.01. The first kappa shape index (κ1) is 16.4. The minimum Gasteiger partial charge on any atom is -0.341 e. The average molecular weight is 327 g/mol. The summed E-state index contributed by atoms with van der Waals surface area (Å²) in [7, 11) is -1.25. The maximum Gasteiger partial charge on any atom is 0.232 e. The Morgan fingerprint density at radius 3 is 2.71 bits per heavy atom. The minimum absolute atomic E-state index is 0.0111. The molecule has 6 heteroatoms. The lowest BCUT2D eigenvalue weighted by Crippen LogP contribution is -2.38. The van der Waals surface area contributed by atoms with Crippen molar-refractivity contribution in [3.63, 3.8) is 0 Å². The summed E-state index contributed by atoms with van der Waals surface area (Å²) < 4.78 is 23.0. The van der Waals surface area contributed by atoms with Crippen LogP contribution in [0.5, 0.6) is 0 Å². The van der Waals surface area contributed by atoms with Crippen molar-refractivity contribution in [1.29, 1.82) is 0 Å². The van der Waals surface area contributed by atoms with Crippen molar-refractivity contribution in [3.05, 3.63) is 29.3 Å². The molecule has 0 aromatic heterocycles. The van der Waals surface area contributed by atoms with E-state index in [0.717, 1.165) is 10.5 Å². The summed E-state index contributed by atoms with van der Waals surface area (Å²) in [6.45, 7) is 4.06. The summed E-state index contributed by atoms with van der Waals surface area (Å²) in [5, 5.41) is 0. The lowest BCUT2D eigenvalue weighted by Gasteiger charge is -2.23. The van der Waals surface area contributed by atoms with Crippen molar-refractivity contribution >= 4 is 27.5 Å². The van der Waals surface area contributed by atoms with Gasteiger partial charge in [-0.25, -0.2) is 8.42 Å². The van der Waals surface area contributed by atoms with Crippen LogP contribution in [0.1, 0.15) is 17.5 Å². The second-order valence-electron chi connectivity index (χ2n) is 5.62. The molecule has 1 aliphatic rings. The molecule has 1 amide bonds. The molecule has 1 aliphatic heterocycles. The number of nitrogens with zero attached hydrogens (tertiary/aromatic N) is 1. The van der Waals surface area contributed by atoms with Crippen LogP contribution in [0.2, 0.25) is 0 Å². The van der Waals surface area contributed by atoms with Gasteiger partial charge in [0, 0.05) is 18.0 Å². The van der Waals surface area contributed by atoms with Gasteiger partial charge in [-0.05, 0) is 31.9 Å². The molecule has 21 heavy (non-hydrogen) atoms. The van der Waals surface area contributed by atoms with Gasteiger partial charge in [-0.15, -0.1) is 11.8 Å². The molecule has 0 spiro atoms. The predicted molar refractivity (Wildman–Crippen MR) is 86.5 cm³/mol. The second kappa shape index (κ2) is 6.40. The van der Waals surface area contributed by atoms with E-state index in [9.17, 15) is 13.2 Å². The summed E-state index contributed by atoms with van der Waals surface area (Å²) in [5.41, 5.74) is 2.33. The third-order valence-corrected chi connectivity index (χ3v) is 6.74. The molecule has 0 radical (unpaired) electrons. The monoisotopic (exact) mass is 327 g/mol. The summed E-state index contributed by atoms with van der Waals surface area (Å²) in [6, 6.07) is 6.01. The largest absolute Gasteiger partial charge is 0.341 e. The number of hydrogen-bond acceptors (Lipinski definition) is 4. The third-order valence-electron chi connectivity index (χ3n) is 3.84. The molecule has 0 saturated carbocycles. The van der Waals surface area contributed by atoms with E-state index >= 15 is 0 Å². The first-order valence-electron chi connectivity index (χ1n) is 6.94. The van der Waals surface area contributed by atoms with Crippen LogP contribution >= 0.6 is 11.8 Å². The van der Waals surface area contributed by atoms with Crippen LogP contribution in [0.25, 0.3) is 0 Å². The summed E-state index contributed by atoms with van der Waals surface area (Å²) in [5.74, 6) is 0.628. The molecular formula is C15H21NO3S2. The van der Waals surface area contributed by atoms with E-state index in [-0.39, 0.29) is 23.5 Å². The summed E-state index contributed by atoms with van der Waals surface area (Å²) in [6.07, 6.45) is 0.554. The highest BCUT2D eigenvalue weighted by Gasteiger charge is 2.32. The molecule has 1 saturated heterocycles. The van der Waals surface area contributed by atoms with Crippen molar-refractivity contribution in [2.75, 3.05) is 24.3 Å². The Balaban J connectivity index is 1.94. The molecule has 1 heterocycles. The number of amides is 1. The van der Waals surface area contributed by atoms with Crippen LogP contribution in [0.4, 0.5) is 0 Å². The number of rotatable bonds is 4. The number of sulfone groups is 1. The van der Waals surface area contributed by atoms with Crippen LogP contribution in [-0.2, 0) is 14.6 Å². The molecule has 0 aliphatic carbocycles. The Morgan fingerprint density at radius 1 is 1.38 bits per heavy atom. The lowest BCUT2D eigenvalue weighted by molar-refractivity contribution is -0.128. The first-order chi connectivity index (χ1) is 9.78. The minimum atomic E-state index is -2.95. The van der Waals surface area contributed by atoms with Gasteiger partial charge in [0.25, 0.3) is 0 Å². The fourth-order valence-corrected chi connectivity index (χ4v) is 5.21. The van der Waals surface area contributed by atoms with E-state index in [1.54, 1.807) is 11.9 Å². The highest BCUT2D eigenvalue weighted by molar-refractivity contribution is 8.00. The van der Waals surface area contributed by atoms with Gasteiger partial charge in [0.2, 0.25) is 5.91 Å². The van der Waals surface area contributed by atoms with Crippen molar-refractivity contribution in [2.45, 2.75) is 31.2 Å². The topological polar surface area (TPSA) is 54.5 Å².